The summed E-state index contributed by atoms with van der Waals surface area (Å²) in [5.41, 5.74) is -0.183. The van der Waals surface area contributed by atoms with E-state index in [4.69, 9.17) is 9.47 Å². The third kappa shape index (κ3) is 3.17. The largest absolute Gasteiger partial charge is 0.484 e. The third-order valence-electron chi connectivity index (χ3n) is 9.12. The summed E-state index contributed by atoms with van der Waals surface area (Å²) in [6.07, 6.45) is 6.81. The van der Waals surface area contributed by atoms with Crippen molar-refractivity contribution in [1.29, 1.82) is 0 Å². The SMILES string of the molecule is CC(C)(Oc1cc(C(=O)Oc2ccccc2)ccc1F)C1CC2CC1C1C3CCC(C3)C21. The van der Waals surface area contributed by atoms with Gasteiger partial charge in [0.1, 0.15) is 11.4 Å². The maximum absolute atomic E-state index is 14.7. The minimum atomic E-state index is -0.511. The molecule has 0 aliphatic heterocycles. The Morgan fingerprint density at radius 1 is 0.938 bits per heavy atom. The zero-order chi connectivity index (χ0) is 22.0. The van der Waals surface area contributed by atoms with Crippen molar-refractivity contribution in [3.8, 4) is 11.5 Å². The number of rotatable bonds is 5. The monoisotopic (exact) mass is 434 g/mol. The average molecular weight is 435 g/mol. The topological polar surface area (TPSA) is 35.5 Å². The first kappa shape index (κ1) is 20.3. The first-order valence-corrected chi connectivity index (χ1v) is 12.2. The molecule has 0 heterocycles. The van der Waals surface area contributed by atoms with Crippen LogP contribution < -0.4 is 9.47 Å². The van der Waals surface area contributed by atoms with E-state index in [0.29, 0.717) is 23.1 Å². The maximum Gasteiger partial charge on any atom is 0.343 e. The van der Waals surface area contributed by atoms with Crippen molar-refractivity contribution in [1.82, 2.24) is 0 Å². The number of halogens is 1. The molecule has 0 saturated heterocycles. The molecule has 6 rings (SSSR count). The molecule has 2 aromatic rings. The lowest BCUT2D eigenvalue weighted by Gasteiger charge is -2.44. The Morgan fingerprint density at radius 3 is 2.47 bits per heavy atom. The number of carbonyl (C=O) groups excluding carboxylic acids is 1. The highest BCUT2D eigenvalue weighted by Gasteiger charge is 2.64. The van der Waals surface area contributed by atoms with Gasteiger partial charge in [-0.25, -0.2) is 9.18 Å². The molecule has 4 bridgehead atoms. The van der Waals surface area contributed by atoms with E-state index in [-0.39, 0.29) is 5.75 Å². The first-order valence-electron chi connectivity index (χ1n) is 12.2. The van der Waals surface area contributed by atoms with E-state index in [0.717, 1.165) is 29.6 Å². The Hall–Kier alpha value is -2.36. The Balaban J connectivity index is 1.20. The van der Waals surface area contributed by atoms with Crippen LogP contribution in [0.3, 0.4) is 0 Å². The number of fused-ring (bicyclic) bond motifs is 9. The molecule has 0 amide bonds. The van der Waals surface area contributed by atoms with Crippen LogP contribution in [0.2, 0.25) is 0 Å². The summed E-state index contributed by atoms with van der Waals surface area (Å²) >= 11 is 0. The molecule has 4 aliphatic carbocycles. The molecule has 0 radical (unpaired) electrons. The highest BCUT2D eigenvalue weighted by molar-refractivity contribution is 5.91. The molecule has 32 heavy (non-hydrogen) atoms. The molecule has 4 fully saturated rings. The van der Waals surface area contributed by atoms with Crippen molar-refractivity contribution >= 4 is 5.97 Å². The molecular formula is C28H31FO3. The molecule has 168 valence electrons. The number of hydrogen-bond acceptors (Lipinski definition) is 3. The Bertz CT molecular complexity index is 1030. The van der Waals surface area contributed by atoms with Crippen molar-refractivity contribution in [2.24, 2.45) is 41.4 Å². The average Bonchev–Trinajstić information content (AvgIpc) is 3.55. The number of ether oxygens (including phenoxy) is 2. The van der Waals surface area contributed by atoms with Crippen LogP contribution in [-0.2, 0) is 0 Å². The molecule has 3 nitrogen and oxygen atoms in total. The lowest BCUT2D eigenvalue weighted by Crippen LogP contribution is -2.45. The van der Waals surface area contributed by atoms with Gasteiger partial charge in [-0.2, -0.15) is 0 Å². The fraction of sp³-hybridized carbons (Fsp3) is 0.536. The quantitative estimate of drug-likeness (QED) is 0.305. The van der Waals surface area contributed by atoms with Gasteiger partial charge in [-0.05, 0) is 112 Å². The highest BCUT2D eigenvalue weighted by Crippen LogP contribution is 2.70. The van der Waals surface area contributed by atoms with Crippen LogP contribution in [0.25, 0.3) is 0 Å². The minimum Gasteiger partial charge on any atom is -0.484 e. The predicted octanol–water partition coefficient (Wildman–Crippen LogP) is 6.52. The van der Waals surface area contributed by atoms with Gasteiger partial charge in [0.05, 0.1) is 5.56 Å². The summed E-state index contributed by atoms with van der Waals surface area (Å²) < 4.78 is 26.5. The van der Waals surface area contributed by atoms with Gasteiger partial charge in [0.25, 0.3) is 0 Å². The fourth-order valence-corrected chi connectivity index (χ4v) is 8.09. The second-order valence-corrected chi connectivity index (χ2v) is 11.0. The summed E-state index contributed by atoms with van der Waals surface area (Å²) in [4.78, 5) is 12.6. The smallest absolute Gasteiger partial charge is 0.343 e. The van der Waals surface area contributed by atoms with Gasteiger partial charge >= 0.3 is 5.97 Å². The van der Waals surface area contributed by atoms with Crippen molar-refractivity contribution in [2.75, 3.05) is 0 Å². The van der Waals surface area contributed by atoms with Gasteiger partial charge in [0, 0.05) is 5.92 Å². The van der Waals surface area contributed by atoms with Gasteiger partial charge in [-0.15, -0.1) is 0 Å². The van der Waals surface area contributed by atoms with Gasteiger partial charge in [-0.1, -0.05) is 18.2 Å². The van der Waals surface area contributed by atoms with Crippen LogP contribution in [-0.4, -0.2) is 11.6 Å². The lowest BCUT2D eigenvalue weighted by atomic mass is 9.64. The molecule has 2 aromatic carbocycles. The van der Waals surface area contributed by atoms with Crippen molar-refractivity contribution in [3.63, 3.8) is 0 Å². The molecule has 7 atom stereocenters. The van der Waals surface area contributed by atoms with Crippen LogP contribution >= 0.6 is 0 Å². The van der Waals surface area contributed by atoms with E-state index in [1.165, 1.54) is 50.3 Å². The molecular weight excluding hydrogens is 403 g/mol. The number of benzene rings is 2. The lowest BCUT2D eigenvalue weighted by molar-refractivity contribution is -0.0236. The molecule has 4 heteroatoms. The number of esters is 1. The summed E-state index contributed by atoms with van der Waals surface area (Å²) in [7, 11) is 0. The molecule has 7 unspecified atom stereocenters. The normalized spacial score (nSPS) is 34.5. The van der Waals surface area contributed by atoms with Gasteiger partial charge < -0.3 is 9.47 Å². The van der Waals surface area contributed by atoms with Crippen molar-refractivity contribution < 1.29 is 18.7 Å². The van der Waals surface area contributed by atoms with E-state index in [2.05, 4.69) is 13.8 Å². The zero-order valence-electron chi connectivity index (χ0n) is 18.8. The Labute approximate surface area is 189 Å². The number of carbonyl (C=O) groups is 1. The van der Waals surface area contributed by atoms with E-state index in [1.54, 1.807) is 24.3 Å². The van der Waals surface area contributed by atoms with E-state index in [1.807, 2.05) is 6.07 Å². The molecule has 0 aromatic heterocycles. The fourth-order valence-electron chi connectivity index (χ4n) is 8.09. The molecule has 0 N–H and O–H groups in total. The van der Waals surface area contributed by atoms with E-state index >= 15 is 0 Å². The number of para-hydroxylation sites is 1. The minimum absolute atomic E-state index is 0.143. The van der Waals surface area contributed by atoms with Gasteiger partial charge in [0.2, 0.25) is 0 Å². The number of hydrogen-bond donors (Lipinski definition) is 0. The van der Waals surface area contributed by atoms with Crippen molar-refractivity contribution in [3.05, 3.63) is 59.9 Å². The van der Waals surface area contributed by atoms with Gasteiger partial charge in [-0.3, -0.25) is 0 Å². The Morgan fingerprint density at radius 2 is 1.69 bits per heavy atom. The van der Waals surface area contributed by atoms with Crippen molar-refractivity contribution in [2.45, 2.75) is 51.6 Å². The van der Waals surface area contributed by atoms with Crippen LogP contribution in [0.1, 0.15) is 56.3 Å². The standard InChI is InChI=1S/C28H31FO3/c1-28(2,22-14-19-13-21(22)26-17-9-8-16(12-17)25(19)26)32-24-15-18(10-11-23(24)29)27(30)31-20-6-4-3-5-7-20/h3-7,10-11,15-17,19,21-22,25-26H,8-9,12-14H2,1-2H3. The molecule has 4 saturated carbocycles. The third-order valence-corrected chi connectivity index (χ3v) is 9.12. The van der Waals surface area contributed by atoms with Crippen LogP contribution in [0.5, 0.6) is 11.5 Å². The molecule has 0 spiro atoms. The van der Waals surface area contributed by atoms with E-state index in [9.17, 15) is 9.18 Å². The van der Waals surface area contributed by atoms with Crippen LogP contribution in [0, 0.1) is 47.2 Å². The predicted molar refractivity (Wildman–Crippen MR) is 120 cm³/mol. The Kier molecular flexibility index (Phi) is 4.64. The summed E-state index contributed by atoms with van der Waals surface area (Å²) in [5, 5.41) is 0. The maximum atomic E-state index is 14.7. The van der Waals surface area contributed by atoms with Gasteiger partial charge in [0.15, 0.2) is 11.6 Å². The second kappa shape index (κ2) is 7.33. The second-order valence-electron chi connectivity index (χ2n) is 11.0. The summed E-state index contributed by atoms with van der Waals surface area (Å²) in [5.74, 6) is 5.30. The zero-order valence-corrected chi connectivity index (χ0v) is 18.8. The first-order chi connectivity index (χ1) is 15.4. The molecule has 4 aliphatic rings. The summed E-state index contributed by atoms with van der Waals surface area (Å²) in [6.45, 7) is 4.21. The summed E-state index contributed by atoms with van der Waals surface area (Å²) in [6, 6.07) is 13.2. The van der Waals surface area contributed by atoms with Crippen LogP contribution in [0.4, 0.5) is 4.39 Å². The van der Waals surface area contributed by atoms with Crippen LogP contribution in [0.15, 0.2) is 48.5 Å². The highest BCUT2D eigenvalue weighted by atomic mass is 19.1. The van der Waals surface area contributed by atoms with E-state index < -0.39 is 17.4 Å².